The number of nitrogens with one attached hydrogen (secondary N) is 2. The molecule has 0 radical (unpaired) electrons. The Morgan fingerprint density at radius 2 is 1.57 bits per heavy atom. The zero-order valence-electron chi connectivity index (χ0n) is 15.7. The van der Waals surface area contributed by atoms with Crippen LogP contribution in [0, 0.1) is 0 Å². The summed E-state index contributed by atoms with van der Waals surface area (Å²) in [5.74, 6) is -1.45. The standard InChI is InChI=1S/C21H22N2O5/c1-14(24)16-8-10-18(11-9-16)23-20(26)13-28-21(27)12-19(22-15(2)25)17-6-4-3-5-7-17/h3-11,19H,12-13H2,1-2H3,(H,22,25)(H,23,26)/t19-/m1/s1. The van der Waals surface area contributed by atoms with E-state index in [4.69, 9.17) is 4.74 Å². The summed E-state index contributed by atoms with van der Waals surface area (Å²) in [7, 11) is 0. The second kappa shape index (κ2) is 10.0. The SMILES string of the molecule is CC(=O)N[C@H](CC(=O)OCC(=O)Nc1ccc(C(C)=O)cc1)c1ccccc1. The van der Waals surface area contributed by atoms with Crippen LogP contribution in [-0.4, -0.2) is 30.2 Å². The number of rotatable bonds is 8. The highest BCUT2D eigenvalue weighted by molar-refractivity contribution is 5.96. The quantitative estimate of drug-likeness (QED) is 0.540. The Kier molecular flexibility index (Phi) is 7.45. The number of esters is 1. The average molecular weight is 382 g/mol. The van der Waals surface area contributed by atoms with Crippen LogP contribution in [0.25, 0.3) is 0 Å². The minimum atomic E-state index is -0.607. The van der Waals surface area contributed by atoms with Crippen molar-refractivity contribution in [3.8, 4) is 0 Å². The van der Waals surface area contributed by atoms with Crippen molar-refractivity contribution in [3.05, 3.63) is 65.7 Å². The molecule has 0 saturated heterocycles. The molecule has 2 aromatic rings. The van der Waals surface area contributed by atoms with Gasteiger partial charge in [0, 0.05) is 18.2 Å². The summed E-state index contributed by atoms with van der Waals surface area (Å²) in [5, 5.41) is 5.28. The Morgan fingerprint density at radius 1 is 0.929 bits per heavy atom. The van der Waals surface area contributed by atoms with Gasteiger partial charge in [0.05, 0.1) is 12.5 Å². The molecule has 28 heavy (non-hydrogen) atoms. The van der Waals surface area contributed by atoms with Gasteiger partial charge in [0.2, 0.25) is 5.91 Å². The number of ketones is 1. The van der Waals surface area contributed by atoms with Crippen molar-refractivity contribution in [3.63, 3.8) is 0 Å². The molecule has 0 fully saturated rings. The molecule has 7 heteroatoms. The van der Waals surface area contributed by atoms with Crippen LogP contribution < -0.4 is 10.6 Å². The van der Waals surface area contributed by atoms with Crippen molar-refractivity contribution in [1.29, 1.82) is 0 Å². The van der Waals surface area contributed by atoms with Crippen molar-refractivity contribution in [1.82, 2.24) is 5.32 Å². The van der Waals surface area contributed by atoms with Gasteiger partial charge in [0.1, 0.15) is 0 Å². The second-order valence-corrected chi connectivity index (χ2v) is 6.21. The number of hydrogen-bond donors (Lipinski definition) is 2. The van der Waals surface area contributed by atoms with E-state index >= 15 is 0 Å². The summed E-state index contributed by atoms with van der Waals surface area (Å²) in [5.41, 5.74) is 1.80. The Labute approximate surface area is 163 Å². The lowest BCUT2D eigenvalue weighted by Gasteiger charge is -2.17. The van der Waals surface area contributed by atoms with Gasteiger partial charge in [-0.1, -0.05) is 30.3 Å². The van der Waals surface area contributed by atoms with Crippen LogP contribution >= 0.6 is 0 Å². The number of carbonyl (C=O) groups excluding carboxylic acids is 4. The van der Waals surface area contributed by atoms with Crippen LogP contribution in [0.5, 0.6) is 0 Å². The number of Topliss-reactive ketones (excluding diaryl/α,β-unsaturated/α-hetero) is 1. The maximum Gasteiger partial charge on any atom is 0.308 e. The fourth-order valence-electron chi connectivity index (χ4n) is 2.54. The Balaban J connectivity index is 1.86. The number of carbonyl (C=O) groups is 4. The van der Waals surface area contributed by atoms with Crippen LogP contribution in [0.2, 0.25) is 0 Å². The molecular formula is C21H22N2O5. The van der Waals surface area contributed by atoms with Gasteiger partial charge in [-0.2, -0.15) is 0 Å². The van der Waals surface area contributed by atoms with E-state index in [1.54, 1.807) is 48.5 Å². The fraction of sp³-hybridized carbons (Fsp3) is 0.238. The van der Waals surface area contributed by atoms with Crippen LogP contribution in [0.3, 0.4) is 0 Å². The lowest BCUT2D eigenvalue weighted by atomic mass is 10.0. The van der Waals surface area contributed by atoms with E-state index in [-0.39, 0.29) is 18.1 Å². The fourth-order valence-corrected chi connectivity index (χ4v) is 2.54. The number of amides is 2. The number of benzene rings is 2. The molecule has 146 valence electrons. The predicted octanol–water partition coefficient (Wildman–Crippen LogP) is 2.64. The summed E-state index contributed by atoms with van der Waals surface area (Å²) < 4.78 is 5.02. The summed E-state index contributed by atoms with van der Waals surface area (Å²) >= 11 is 0. The lowest BCUT2D eigenvalue weighted by Crippen LogP contribution is -2.29. The monoisotopic (exact) mass is 382 g/mol. The Hall–Kier alpha value is -3.48. The van der Waals surface area contributed by atoms with E-state index in [9.17, 15) is 19.2 Å². The topological polar surface area (TPSA) is 102 Å². The molecule has 0 bridgehead atoms. The summed E-state index contributed by atoms with van der Waals surface area (Å²) in [6, 6.07) is 14.9. The highest BCUT2D eigenvalue weighted by atomic mass is 16.5. The number of hydrogen-bond acceptors (Lipinski definition) is 5. The molecule has 2 aromatic carbocycles. The number of anilines is 1. The predicted molar refractivity (Wildman–Crippen MR) is 104 cm³/mol. The van der Waals surface area contributed by atoms with E-state index in [1.807, 2.05) is 6.07 Å². The van der Waals surface area contributed by atoms with Gasteiger partial charge in [-0.05, 0) is 36.8 Å². The van der Waals surface area contributed by atoms with Gasteiger partial charge in [-0.15, -0.1) is 0 Å². The molecule has 0 spiro atoms. The van der Waals surface area contributed by atoms with Crippen molar-refractivity contribution >= 4 is 29.3 Å². The third-order valence-electron chi connectivity index (χ3n) is 3.89. The second-order valence-electron chi connectivity index (χ2n) is 6.21. The normalized spacial score (nSPS) is 11.2. The first-order valence-corrected chi connectivity index (χ1v) is 8.73. The summed E-state index contributed by atoms with van der Waals surface area (Å²) in [6.45, 7) is 2.37. The largest absolute Gasteiger partial charge is 0.455 e. The van der Waals surface area contributed by atoms with Gasteiger partial charge >= 0.3 is 5.97 Å². The number of ether oxygens (including phenoxy) is 1. The third kappa shape index (κ3) is 6.68. The van der Waals surface area contributed by atoms with E-state index in [0.29, 0.717) is 11.3 Å². The molecule has 2 rings (SSSR count). The summed E-state index contributed by atoms with van der Waals surface area (Å²) in [4.78, 5) is 46.7. The highest BCUT2D eigenvalue weighted by Crippen LogP contribution is 2.17. The van der Waals surface area contributed by atoms with E-state index in [0.717, 1.165) is 5.56 Å². The average Bonchev–Trinajstić information content (AvgIpc) is 2.66. The molecule has 0 aliphatic heterocycles. The molecule has 0 aliphatic rings. The molecule has 0 aliphatic carbocycles. The van der Waals surface area contributed by atoms with Gasteiger partial charge in [-0.25, -0.2) is 0 Å². The molecular weight excluding hydrogens is 360 g/mol. The molecule has 0 aromatic heterocycles. The molecule has 1 atom stereocenters. The first-order chi connectivity index (χ1) is 13.3. The van der Waals surface area contributed by atoms with Crippen molar-refractivity contribution < 1.29 is 23.9 Å². The zero-order valence-corrected chi connectivity index (χ0v) is 15.7. The van der Waals surface area contributed by atoms with Gasteiger partial charge < -0.3 is 15.4 Å². The molecule has 0 heterocycles. The smallest absolute Gasteiger partial charge is 0.308 e. The van der Waals surface area contributed by atoms with E-state index in [1.165, 1.54) is 13.8 Å². The minimum absolute atomic E-state index is 0.0704. The molecule has 2 amide bonds. The molecule has 0 unspecified atom stereocenters. The third-order valence-corrected chi connectivity index (χ3v) is 3.89. The maximum absolute atomic E-state index is 12.1. The molecule has 0 saturated carbocycles. The maximum atomic E-state index is 12.1. The van der Waals surface area contributed by atoms with Gasteiger partial charge in [0.25, 0.3) is 5.91 Å². The molecule has 2 N–H and O–H groups in total. The van der Waals surface area contributed by atoms with Crippen molar-refractivity contribution in [2.45, 2.75) is 26.3 Å². The Morgan fingerprint density at radius 3 is 2.14 bits per heavy atom. The van der Waals surface area contributed by atoms with Crippen molar-refractivity contribution in [2.24, 2.45) is 0 Å². The van der Waals surface area contributed by atoms with Crippen LogP contribution in [-0.2, 0) is 19.1 Å². The van der Waals surface area contributed by atoms with Gasteiger partial charge in [0.15, 0.2) is 12.4 Å². The first kappa shape index (κ1) is 20.8. The Bertz CT molecular complexity index is 847. The first-order valence-electron chi connectivity index (χ1n) is 8.73. The lowest BCUT2D eigenvalue weighted by molar-refractivity contribution is -0.148. The minimum Gasteiger partial charge on any atom is -0.455 e. The van der Waals surface area contributed by atoms with E-state index in [2.05, 4.69) is 10.6 Å². The van der Waals surface area contributed by atoms with Crippen LogP contribution in [0.4, 0.5) is 5.69 Å². The summed E-state index contributed by atoms with van der Waals surface area (Å²) in [6.07, 6.45) is -0.0931. The van der Waals surface area contributed by atoms with Crippen LogP contribution in [0.1, 0.15) is 42.2 Å². The molecule has 7 nitrogen and oxygen atoms in total. The van der Waals surface area contributed by atoms with Gasteiger partial charge in [-0.3, -0.25) is 19.2 Å². The highest BCUT2D eigenvalue weighted by Gasteiger charge is 2.18. The zero-order chi connectivity index (χ0) is 20.5. The van der Waals surface area contributed by atoms with Crippen LogP contribution in [0.15, 0.2) is 54.6 Å². The van der Waals surface area contributed by atoms with Crippen molar-refractivity contribution in [2.75, 3.05) is 11.9 Å². The van der Waals surface area contributed by atoms with E-state index < -0.39 is 24.5 Å².